The highest BCUT2D eigenvalue weighted by Crippen LogP contribution is 2.21. The summed E-state index contributed by atoms with van der Waals surface area (Å²) in [7, 11) is 0. The zero-order chi connectivity index (χ0) is 15.2. The third-order valence-electron chi connectivity index (χ3n) is 2.86. The molecular weight excluding hydrogens is 266 g/mol. The first-order valence-electron chi connectivity index (χ1n) is 6.45. The maximum atomic E-state index is 11.1. The highest BCUT2D eigenvalue weighted by atomic mass is 16.1. The molecule has 1 aromatic heterocycles. The first-order chi connectivity index (χ1) is 10.1. The van der Waals surface area contributed by atoms with Gasteiger partial charge in [0.05, 0.1) is 6.04 Å². The number of carbonyl (C=O) groups excluding carboxylic acids is 1. The van der Waals surface area contributed by atoms with Crippen LogP contribution < -0.4 is 10.6 Å². The van der Waals surface area contributed by atoms with Gasteiger partial charge in [-0.05, 0) is 24.6 Å². The van der Waals surface area contributed by atoms with Crippen molar-refractivity contribution in [1.82, 2.24) is 9.97 Å². The molecule has 1 atom stereocenters. The Balaban J connectivity index is 2.18. The Hall–Kier alpha value is -2.94. The lowest BCUT2D eigenvalue weighted by molar-refractivity contribution is -0.114. The molecule has 1 heterocycles. The highest BCUT2D eigenvalue weighted by molar-refractivity contribution is 5.88. The predicted molar refractivity (Wildman–Crippen MR) is 79.5 cm³/mol. The Kier molecular flexibility index (Phi) is 4.46. The van der Waals surface area contributed by atoms with E-state index in [1.54, 1.807) is 0 Å². The molecule has 0 bridgehead atoms. The predicted octanol–water partition coefficient (Wildman–Crippen LogP) is 2.48. The summed E-state index contributed by atoms with van der Waals surface area (Å²) in [6.45, 7) is 3.41. The maximum Gasteiger partial charge on any atom is 0.221 e. The summed E-state index contributed by atoms with van der Waals surface area (Å²) in [5.74, 6) is 0.325. The van der Waals surface area contributed by atoms with Gasteiger partial charge in [0.1, 0.15) is 6.07 Å². The van der Waals surface area contributed by atoms with Crippen LogP contribution in [-0.2, 0) is 4.79 Å². The van der Waals surface area contributed by atoms with Crippen molar-refractivity contribution < 1.29 is 4.79 Å². The molecule has 0 saturated carbocycles. The normalized spacial score (nSPS) is 11.3. The average molecular weight is 281 g/mol. The quantitative estimate of drug-likeness (QED) is 0.898. The minimum atomic E-state index is -0.117. The summed E-state index contributed by atoms with van der Waals surface area (Å²) < 4.78 is 0. The van der Waals surface area contributed by atoms with Crippen LogP contribution in [0.2, 0.25) is 0 Å². The number of hydrogen-bond acceptors (Lipinski definition) is 5. The molecule has 2 aromatic rings. The second-order valence-corrected chi connectivity index (χ2v) is 4.54. The summed E-state index contributed by atoms with van der Waals surface area (Å²) in [6, 6.07) is 9.41. The van der Waals surface area contributed by atoms with Crippen LogP contribution >= 0.6 is 0 Å². The largest absolute Gasteiger partial charge is 0.361 e. The number of amides is 1. The van der Waals surface area contributed by atoms with Gasteiger partial charge in [0, 0.05) is 25.0 Å². The zero-order valence-corrected chi connectivity index (χ0v) is 11.8. The number of carbonyl (C=O) groups is 1. The molecule has 1 aromatic carbocycles. The zero-order valence-electron chi connectivity index (χ0n) is 11.8. The van der Waals surface area contributed by atoms with Gasteiger partial charge in [0.25, 0.3) is 0 Å². The van der Waals surface area contributed by atoms with E-state index >= 15 is 0 Å². The Morgan fingerprint density at radius 2 is 2.10 bits per heavy atom. The fourth-order valence-corrected chi connectivity index (χ4v) is 1.90. The van der Waals surface area contributed by atoms with E-state index < -0.39 is 0 Å². The van der Waals surface area contributed by atoms with Gasteiger partial charge in [-0.3, -0.25) is 4.79 Å². The number of anilines is 2. The summed E-state index contributed by atoms with van der Waals surface area (Å²) in [5, 5.41) is 14.9. The van der Waals surface area contributed by atoms with Crippen molar-refractivity contribution in [1.29, 1.82) is 5.26 Å². The van der Waals surface area contributed by atoms with Crippen molar-refractivity contribution in [3.8, 4) is 6.07 Å². The molecule has 0 aliphatic rings. The summed E-state index contributed by atoms with van der Waals surface area (Å²) in [5.41, 5.74) is 1.95. The molecule has 6 nitrogen and oxygen atoms in total. The molecule has 1 unspecified atom stereocenters. The van der Waals surface area contributed by atoms with Crippen LogP contribution in [0.15, 0.2) is 36.7 Å². The Bertz CT molecular complexity index is 692. The van der Waals surface area contributed by atoms with Crippen LogP contribution in [0.3, 0.4) is 0 Å². The van der Waals surface area contributed by atoms with E-state index in [1.165, 1.54) is 19.3 Å². The highest BCUT2D eigenvalue weighted by Gasteiger charge is 2.10. The molecule has 0 aliphatic heterocycles. The van der Waals surface area contributed by atoms with Crippen molar-refractivity contribution in [2.45, 2.75) is 19.9 Å². The van der Waals surface area contributed by atoms with Crippen molar-refractivity contribution in [2.75, 3.05) is 10.6 Å². The van der Waals surface area contributed by atoms with Crippen LogP contribution in [0.25, 0.3) is 0 Å². The number of nitrogens with zero attached hydrogens (tertiary/aromatic N) is 3. The molecule has 106 valence electrons. The number of hydrogen-bond donors (Lipinski definition) is 2. The van der Waals surface area contributed by atoms with E-state index in [0.29, 0.717) is 5.82 Å². The van der Waals surface area contributed by atoms with E-state index in [0.717, 1.165) is 11.3 Å². The fraction of sp³-hybridized carbons (Fsp3) is 0.200. The van der Waals surface area contributed by atoms with Crippen LogP contribution in [-0.4, -0.2) is 15.9 Å². The molecule has 1 amide bonds. The lowest BCUT2D eigenvalue weighted by atomic mass is 10.1. The van der Waals surface area contributed by atoms with Crippen molar-refractivity contribution in [2.24, 2.45) is 0 Å². The van der Waals surface area contributed by atoms with Crippen LogP contribution in [0.4, 0.5) is 11.5 Å². The van der Waals surface area contributed by atoms with Crippen molar-refractivity contribution in [3.63, 3.8) is 0 Å². The topological polar surface area (TPSA) is 90.7 Å². The summed E-state index contributed by atoms with van der Waals surface area (Å²) in [4.78, 5) is 19.2. The van der Waals surface area contributed by atoms with Gasteiger partial charge in [-0.1, -0.05) is 12.1 Å². The van der Waals surface area contributed by atoms with Gasteiger partial charge >= 0.3 is 0 Å². The van der Waals surface area contributed by atoms with Gasteiger partial charge in [-0.25, -0.2) is 9.97 Å². The molecule has 0 spiro atoms. The molecule has 2 N–H and O–H groups in total. The van der Waals surface area contributed by atoms with Gasteiger partial charge in [-0.15, -0.1) is 0 Å². The fourth-order valence-electron chi connectivity index (χ4n) is 1.90. The SMILES string of the molecule is CC(=O)Nc1cccc(C(C)Nc2nccnc2C#N)c1. The molecule has 0 radical (unpaired) electrons. The standard InChI is InChI=1S/C15H15N5O/c1-10(19-15-14(9-16)17-6-7-18-15)12-4-3-5-13(8-12)20-11(2)21/h3-8,10H,1-2H3,(H,18,19)(H,20,21). The molecule has 0 aliphatic carbocycles. The number of rotatable bonds is 4. The molecule has 0 fully saturated rings. The van der Waals surface area contributed by atoms with Gasteiger partial charge in [0.2, 0.25) is 5.91 Å². The van der Waals surface area contributed by atoms with Gasteiger partial charge < -0.3 is 10.6 Å². The van der Waals surface area contributed by atoms with Crippen LogP contribution in [0.5, 0.6) is 0 Å². The first kappa shape index (κ1) is 14.5. The number of benzene rings is 1. The molecule has 21 heavy (non-hydrogen) atoms. The smallest absolute Gasteiger partial charge is 0.221 e. The maximum absolute atomic E-state index is 11.1. The molecule has 0 saturated heterocycles. The van der Waals surface area contributed by atoms with E-state index in [-0.39, 0.29) is 17.6 Å². The average Bonchev–Trinajstić information content (AvgIpc) is 2.47. The third-order valence-corrected chi connectivity index (χ3v) is 2.86. The Morgan fingerprint density at radius 1 is 1.33 bits per heavy atom. The monoisotopic (exact) mass is 281 g/mol. The van der Waals surface area contributed by atoms with Crippen LogP contribution in [0.1, 0.15) is 31.1 Å². The lowest BCUT2D eigenvalue weighted by Gasteiger charge is -2.16. The van der Waals surface area contributed by atoms with Crippen LogP contribution in [0, 0.1) is 11.3 Å². The minimum Gasteiger partial charge on any atom is -0.361 e. The molecule has 6 heteroatoms. The van der Waals surface area contributed by atoms with E-state index in [9.17, 15) is 4.79 Å². The first-order valence-corrected chi connectivity index (χ1v) is 6.45. The molecule has 2 rings (SSSR count). The second kappa shape index (κ2) is 6.48. The second-order valence-electron chi connectivity index (χ2n) is 4.54. The Morgan fingerprint density at radius 3 is 2.81 bits per heavy atom. The van der Waals surface area contributed by atoms with E-state index in [2.05, 4.69) is 20.6 Å². The van der Waals surface area contributed by atoms with Crippen molar-refractivity contribution in [3.05, 3.63) is 47.9 Å². The van der Waals surface area contributed by atoms with Gasteiger partial charge in [-0.2, -0.15) is 5.26 Å². The summed E-state index contributed by atoms with van der Waals surface area (Å²) in [6.07, 6.45) is 3.01. The van der Waals surface area contributed by atoms with E-state index in [1.807, 2.05) is 37.3 Å². The summed E-state index contributed by atoms with van der Waals surface area (Å²) >= 11 is 0. The number of nitriles is 1. The van der Waals surface area contributed by atoms with E-state index in [4.69, 9.17) is 5.26 Å². The lowest BCUT2D eigenvalue weighted by Crippen LogP contribution is -2.11. The minimum absolute atomic E-state index is 0.0810. The van der Waals surface area contributed by atoms with Gasteiger partial charge in [0.15, 0.2) is 11.5 Å². The Labute approximate surface area is 122 Å². The molecular formula is C15H15N5O. The number of aromatic nitrogens is 2. The van der Waals surface area contributed by atoms with Crippen molar-refractivity contribution >= 4 is 17.4 Å². The number of nitrogens with one attached hydrogen (secondary N) is 2. The third kappa shape index (κ3) is 3.76.